The zero-order chi connectivity index (χ0) is 27.7. The Morgan fingerprint density at radius 3 is 2.37 bits per heavy atom. The number of carbonyl (C=O) groups excluding carboxylic acids is 1. The molecular weight excluding hydrogens is 515 g/mol. The van der Waals surface area contributed by atoms with E-state index in [0.29, 0.717) is 5.69 Å². The molecule has 1 aromatic heterocycles. The highest BCUT2D eigenvalue weighted by Crippen LogP contribution is 2.71. The lowest BCUT2D eigenvalue weighted by atomic mass is 9.51. The molecule has 38 heavy (non-hydrogen) atoms. The highest BCUT2D eigenvalue weighted by Gasteiger charge is 2.80. The molecule has 12 heteroatoms. The molecular formula is C26H27F5N2O5. The summed E-state index contributed by atoms with van der Waals surface area (Å²) in [7, 11) is 1.08. The van der Waals surface area contributed by atoms with Gasteiger partial charge in [-0.15, -0.1) is 0 Å². The first kappa shape index (κ1) is 26.8. The molecule has 5 atom stereocenters. The number of ether oxygens (including phenoxy) is 4. The van der Waals surface area contributed by atoms with Gasteiger partial charge >= 0.3 is 6.18 Å². The van der Waals surface area contributed by atoms with E-state index in [9.17, 15) is 26.7 Å². The smallest absolute Gasteiger partial charge is 0.418 e. The van der Waals surface area contributed by atoms with Crippen LogP contribution in [-0.4, -0.2) is 48.3 Å². The second-order valence-electron chi connectivity index (χ2n) is 10.5. The number of nitrogens with zero attached hydrogens (tertiary/aromatic N) is 1. The van der Waals surface area contributed by atoms with Crippen molar-refractivity contribution < 1.29 is 45.7 Å². The molecule has 1 unspecified atom stereocenters. The standard InChI is InChI=1S/C26H27F5N2O5/c1-23(2)36-12-17(37-23)16-8-5-13(11-32-16)33-22(34)21-18(14-6-7-15(27)19(28)20(14)35-4)24(3)9-10-25(24,38-21)26(29,30)31/h5-8,11,17-18,21H,9-10,12H2,1-4H3,(H,33,34)/t17?,18-,21+,24+,25+/m0/s1. The van der Waals surface area contributed by atoms with Crippen molar-refractivity contribution >= 4 is 11.6 Å². The summed E-state index contributed by atoms with van der Waals surface area (Å²) in [5.74, 6) is -6.05. The molecule has 2 saturated heterocycles. The zero-order valence-electron chi connectivity index (χ0n) is 21.1. The predicted molar refractivity (Wildman–Crippen MR) is 123 cm³/mol. The number of rotatable bonds is 5. The number of hydrogen-bond donors (Lipinski definition) is 1. The molecule has 3 fully saturated rings. The van der Waals surface area contributed by atoms with E-state index in [1.807, 2.05) is 0 Å². The number of amides is 1. The van der Waals surface area contributed by atoms with Gasteiger partial charge < -0.3 is 24.3 Å². The summed E-state index contributed by atoms with van der Waals surface area (Å²) in [5, 5.41) is 2.56. The summed E-state index contributed by atoms with van der Waals surface area (Å²) < 4.78 is 93.5. The van der Waals surface area contributed by atoms with Crippen LogP contribution < -0.4 is 10.1 Å². The summed E-state index contributed by atoms with van der Waals surface area (Å²) in [4.78, 5) is 17.7. The SMILES string of the molecule is COc1c([C@H]2[C@H](C(=O)Nc3ccc(C4COC(C)(C)O4)nc3)O[C@]3(C(F)(F)F)CC[C@]23C)ccc(F)c1F. The van der Waals surface area contributed by atoms with Gasteiger partial charge in [0.15, 0.2) is 23.0 Å². The van der Waals surface area contributed by atoms with Gasteiger partial charge in [0.05, 0.1) is 31.3 Å². The van der Waals surface area contributed by atoms with Crippen molar-refractivity contribution in [3.05, 3.63) is 53.4 Å². The Kier molecular flexibility index (Phi) is 6.23. The molecule has 1 amide bonds. The van der Waals surface area contributed by atoms with Gasteiger partial charge in [-0.25, -0.2) is 4.39 Å². The Labute approximate surface area is 215 Å². The molecule has 1 N–H and O–H groups in total. The normalized spacial score (nSPS) is 32.0. The fourth-order valence-corrected chi connectivity index (χ4v) is 5.92. The molecule has 2 aromatic rings. The second kappa shape index (κ2) is 8.85. The summed E-state index contributed by atoms with van der Waals surface area (Å²) in [6.07, 6.45) is -5.86. The van der Waals surface area contributed by atoms with Crippen LogP contribution in [0.4, 0.5) is 27.6 Å². The van der Waals surface area contributed by atoms with Crippen molar-refractivity contribution in [2.24, 2.45) is 5.41 Å². The predicted octanol–water partition coefficient (Wildman–Crippen LogP) is 5.41. The van der Waals surface area contributed by atoms with Crippen molar-refractivity contribution in [3.63, 3.8) is 0 Å². The van der Waals surface area contributed by atoms with Gasteiger partial charge in [-0.05, 0) is 44.9 Å². The zero-order valence-corrected chi connectivity index (χ0v) is 21.1. The molecule has 1 aromatic carbocycles. The number of hydrogen-bond acceptors (Lipinski definition) is 6. The van der Waals surface area contributed by atoms with Crippen molar-refractivity contribution in [1.29, 1.82) is 0 Å². The summed E-state index contributed by atoms with van der Waals surface area (Å²) >= 11 is 0. The van der Waals surface area contributed by atoms with Crippen molar-refractivity contribution in [3.8, 4) is 5.75 Å². The highest BCUT2D eigenvalue weighted by molar-refractivity contribution is 5.95. The van der Waals surface area contributed by atoms with Crippen LogP contribution in [0.2, 0.25) is 0 Å². The van der Waals surface area contributed by atoms with Gasteiger partial charge in [0.2, 0.25) is 5.82 Å². The second-order valence-corrected chi connectivity index (χ2v) is 10.5. The number of alkyl halides is 3. The molecule has 0 bridgehead atoms. The van der Waals surface area contributed by atoms with Gasteiger partial charge in [0.1, 0.15) is 12.2 Å². The number of carbonyl (C=O) groups is 1. The van der Waals surface area contributed by atoms with E-state index >= 15 is 0 Å². The van der Waals surface area contributed by atoms with E-state index in [0.717, 1.165) is 19.2 Å². The molecule has 0 spiro atoms. The summed E-state index contributed by atoms with van der Waals surface area (Å²) in [5.41, 5.74) is -3.57. The van der Waals surface area contributed by atoms with Crippen LogP contribution >= 0.6 is 0 Å². The fraction of sp³-hybridized carbons (Fsp3) is 0.538. The Morgan fingerprint density at radius 1 is 1.11 bits per heavy atom. The lowest BCUT2D eigenvalue weighted by Crippen LogP contribution is -2.63. The Morgan fingerprint density at radius 2 is 1.84 bits per heavy atom. The molecule has 1 saturated carbocycles. The molecule has 3 aliphatic rings. The maximum absolute atomic E-state index is 14.6. The monoisotopic (exact) mass is 542 g/mol. The van der Waals surface area contributed by atoms with Crippen LogP contribution in [0.1, 0.15) is 56.9 Å². The largest absolute Gasteiger partial charge is 0.493 e. The number of anilines is 1. The van der Waals surface area contributed by atoms with E-state index in [1.54, 1.807) is 19.9 Å². The maximum Gasteiger partial charge on any atom is 0.418 e. The first-order valence-electron chi connectivity index (χ1n) is 12.1. The third kappa shape index (κ3) is 3.95. The first-order valence-corrected chi connectivity index (χ1v) is 12.1. The third-order valence-electron chi connectivity index (χ3n) is 7.96. The number of benzene rings is 1. The van der Waals surface area contributed by atoms with Crippen LogP contribution in [0.15, 0.2) is 30.5 Å². The van der Waals surface area contributed by atoms with E-state index < -0.39 is 64.4 Å². The molecule has 206 valence electrons. The number of fused-ring (bicyclic) bond motifs is 1. The molecule has 0 radical (unpaired) electrons. The Hall–Kier alpha value is -2.83. The summed E-state index contributed by atoms with van der Waals surface area (Å²) in [6.45, 7) is 5.17. The lowest BCUT2D eigenvalue weighted by Gasteiger charge is -2.54. The molecule has 7 nitrogen and oxygen atoms in total. The van der Waals surface area contributed by atoms with Crippen molar-refractivity contribution in [2.45, 2.75) is 69.3 Å². The average Bonchev–Trinajstić information content (AvgIpc) is 3.29. The van der Waals surface area contributed by atoms with Crippen LogP contribution in [0.5, 0.6) is 5.75 Å². The molecule has 5 rings (SSSR count). The fourth-order valence-electron chi connectivity index (χ4n) is 5.92. The van der Waals surface area contributed by atoms with Gasteiger partial charge in [-0.2, -0.15) is 17.6 Å². The molecule has 3 heterocycles. The Bertz CT molecular complexity index is 1250. The topological polar surface area (TPSA) is 78.9 Å². The lowest BCUT2D eigenvalue weighted by molar-refractivity contribution is -0.328. The van der Waals surface area contributed by atoms with Gasteiger partial charge in [-0.3, -0.25) is 9.78 Å². The maximum atomic E-state index is 14.6. The first-order chi connectivity index (χ1) is 17.7. The van der Waals surface area contributed by atoms with Crippen molar-refractivity contribution in [2.75, 3.05) is 19.0 Å². The number of methoxy groups -OCH3 is 1. The van der Waals surface area contributed by atoms with E-state index in [1.165, 1.54) is 19.2 Å². The Balaban J connectivity index is 1.47. The number of aromatic nitrogens is 1. The molecule has 2 aliphatic heterocycles. The van der Waals surface area contributed by atoms with E-state index in [2.05, 4.69) is 10.3 Å². The van der Waals surface area contributed by atoms with Crippen LogP contribution in [-0.2, 0) is 19.0 Å². The van der Waals surface area contributed by atoms with E-state index in [4.69, 9.17) is 18.9 Å². The number of pyridine rings is 1. The van der Waals surface area contributed by atoms with Crippen molar-refractivity contribution in [1.82, 2.24) is 4.98 Å². The molecule has 1 aliphatic carbocycles. The minimum atomic E-state index is -4.81. The number of nitrogens with one attached hydrogen (secondary N) is 1. The van der Waals surface area contributed by atoms with Gasteiger partial charge in [-0.1, -0.05) is 13.0 Å². The quantitative estimate of drug-likeness (QED) is 0.509. The van der Waals surface area contributed by atoms with Gasteiger partial charge in [0, 0.05) is 16.9 Å². The minimum Gasteiger partial charge on any atom is -0.493 e. The van der Waals surface area contributed by atoms with E-state index in [-0.39, 0.29) is 30.7 Å². The van der Waals surface area contributed by atoms with Gasteiger partial charge in [0.25, 0.3) is 5.91 Å². The highest BCUT2D eigenvalue weighted by atomic mass is 19.4. The third-order valence-corrected chi connectivity index (χ3v) is 7.96. The average molecular weight is 543 g/mol. The van der Waals surface area contributed by atoms with Crippen LogP contribution in [0.25, 0.3) is 0 Å². The minimum absolute atomic E-state index is 0.0547. The van der Waals surface area contributed by atoms with Crippen LogP contribution in [0.3, 0.4) is 0 Å². The van der Waals surface area contributed by atoms with Crippen LogP contribution in [0, 0.1) is 17.0 Å². The number of halogens is 5. The summed E-state index contributed by atoms with van der Waals surface area (Å²) in [6, 6.07) is 5.09.